The number of fused-ring (bicyclic) bond motifs is 1. The zero-order valence-electron chi connectivity index (χ0n) is 10.5. The molecular weight excluding hydrogens is 212 g/mol. The first-order chi connectivity index (χ1) is 8.30. The second kappa shape index (κ2) is 3.55. The van der Waals surface area contributed by atoms with E-state index in [1.165, 1.54) is 38.9 Å². The minimum Gasteiger partial charge on any atom is -0.312 e. The van der Waals surface area contributed by atoms with Crippen LogP contribution in [0.25, 0.3) is 0 Å². The highest BCUT2D eigenvalue weighted by Crippen LogP contribution is 2.52. The Morgan fingerprint density at radius 3 is 3.00 bits per heavy atom. The fourth-order valence-corrected chi connectivity index (χ4v) is 5.27. The monoisotopic (exact) mass is 234 g/mol. The number of ketones is 1. The lowest BCUT2D eigenvalue weighted by molar-refractivity contribution is -0.128. The molecule has 0 aromatic carbocycles. The largest absolute Gasteiger partial charge is 0.312 e. The normalized spacial score (nSPS) is 49.9. The van der Waals surface area contributed by atoms with Gasteiger partial charge in [-0.05, 0) is 57.2 Å². The first-order valence-corrected chi connectivity index (χ1v) is 7.31. The molecule has 1 N–H and O–H groups in total. The van der Waals surface area contributed by atoms with Gasteiger partial charge in [0.15, 0.2) is 0 Å². The Labute approximate surface area is 103 Å². The van der Waals surface area contributed by atoms with Gasteiger partial charge in [-0.2, -0.15) is 0 Å². The van der Waals surface area contributed by atoms with Gasteiger partial charge in [0.2, 0.25) is 0 Å². The number of hydrogen-bond acceptors (Lipinski definition) is 3. The third-order valence-electron chi connectivity index (χ3n) is 5.95. The van der Waals surface area contributed by atoms with Crippen LogP contribution in [0.5, 0.6) is 0 Å². The van der Waals surface area contributed by atoms with E-state index in [1.807, 2.05) is 0 Å². The van der Waals surface area contributed by atoms with Gasteiger partial charge in [0.25, 0.3) is 0 Å². The predicted octanol–water partition coefficient (Wildman–Crippen LogP) is 1.18. The lowest BCUT2D eigenvalue weighted by atomic mass is 9.64. The molecular formula is C14H22N2O. The number of carbonyl (C=O) groups excluding carboxylic acids is 1. The molecule has 0 amide bonds. The van der Waals surface area contributed by atoms with E-state index in [-0.39, 0.29) is 5.54 Å². The Hall–Kier alpha value is -0.410. The van der Waals surface area contributed by atoms with Gasteiger partial charge in [0.05, 0.1) is 0 Å². The van der Waals surface area contributed by atoms with Crippen LogP contribution in [-0.2, 0) is 4.79 Å². The number of hydrogen-bond donors (Lipinski definition) is 1. The van der Waals surface area contributed by atoms with E-state index >= 15 is 0 Å². The van der Waals surface area contributed by atoms with Crippen molar-refractivity contribution in [3.63, 3.8) is 0 Å². The number of Topliss-reactive ketones (excluding diaryl/α,β-unsaturated/α-hetero) is 1. The molecule has 1 aliphatic carbocycles. The zero-order chi connectivity index (χ0) is 11.5. The van der Waals surface area contributed by atoms with Gasteiger partial charge < -0.3 is 5.32 Å². The third kappa shape index (κ3) is 1.27. The van der Waals surface area contributed by atoms with Crippen molar-refractivity contribution in [2.24, 2.45) is 11.8 Å². The summed E-state index contributed by atoms with van der Waals surface area (Å²) in [6.07, 6.45) is 6.85. The lowest BCUT2D eigenvalue weighted by Crippen LogP contribution is -2.66. The molecule has 1 unspecified atom stereocenters. The number of nitrogens with one attached hydrogen (secondary N) is 1. The maximum Gasteiger partial charge on any atom is 0.134 e. The van der Waals surface area contributed by atoms with Crippen LogP contribution in [0.2, 0.25) is 0 Å². The predicted molar refractivity (Wildman–Crippen MR) is 65.8 cm³/mol. The van der Waals surface area contributed by atoms with E-state index in [2.05, 4.69) is 10.2 Å². The Kier molecular flexibility index (Phi) is 2.19. The van der Waals surface area contributed by atoms with E-state index < -0.39 is 0 Å². The summed E-state index contributed by atoms with van der Waals surface area (Å²) in [6, 6.07) is 0.619. The Morgan fingerprint density at radius 1 is 1.18 bits per heavy atom. The van der Waals surface area contributed by atoms with Crippen LogP contribution in [0, 0.1) is 11.8 Å². The highest BCUT2D eigenvalue weighted by atomic mass is 16.1. The van der Waals surface area contributed by atoms with Crippen molar-refractivity contribution in [2.45, 2.75) is 50.1 Å². The maximum absolute atomic E-state index is 12.0. The summed E-state index contributed by atoms with van der Waals surface area (Å²) in [5, 5.41) is 3.75. The van der Waals surface area contributed by atoms with Crippen molar-refractivity contribution in [2.75, 3.05) is 19.6 Å². The van der Waals surface area contributed by atoms with Gasteiger partial charge in [-0.25, -0.2) is 0 Å². The third-order valence-corrected chi connectivity index (χ3v) is 5.95. The first-order valence-electron chi connectivity index (χ1n) is 7.31. The molecule has 4 atom stereocenters. The van der Waals surface area contributed by atoms with Gasteiger partial charge >= 0.3 is 0 Å². The average Bonchev–Trinajstić information content (AvgIpc) is 2.90. The van der Waals surface area contributed by atoms with E-state index in [1.54, 1.807) is 0 Å². The summed E-state index contributed by atoms with van der Waals surface area (Å²) in [6.45, 7) is 3.65. The number of piperidine rings is 1. The highest BCUT2D eigenvalue weighted by Gasteiger charge is 2.60. The second-order valence-electron chi connectivity index (χ2n) is 6.49. The van der Waals surface area contributed by atoms with Crippen LogP contribution in [0.1, 0.15) is 38.5 Å². The molecule has 4 fully saturated rings. The summed E-state index contributed by atoms with van der Waals surface area (Å²) in [7, 11) is 0. The van der Waals surface area contributed by atoms with Gasteiger partial charge in [-0.15, -0.1) is 0 Å². The summed E-state index contributed by atoms with van der Waals surface area (Å²) in [5.41, 5.74) is 0.231. The quantitative estimate of drug-likeness (QED) is 0.683. The Bertz CT molecular complexity index is 348. The van der Waals surface area contributed by atoms with Gasteiger partial charge in [0.1, 0.15) is 5.78 Å². The summed E-state index contributed by atoms with van der Waals surface area (Å²) in [4.78, 5) is 14.7. The Morgan fingerprint density at radius 2 is 2.06 bits per heavy atom. The molecule has 0 radical (unpaired) electrons. The van der Waals surface area contributed by atoms with Gasteiger partial charge in [-0.3, -0.25) is 9.69 Å². The molecule has 3 nitrogen and oxygen atoms in total. The van der Waals surface area contributed by atoms with Gasteiger partial charge in [-0.1, -0.05) is 0 Å². The molecule has 1 saturated carbocycles. The van der Waals surface area contributed by atoms with Crippen LogP contribution >= 0.6 is 0 Å². The fourth-order valence-electron chi connectivity index (χ4n) is 5.27. The molecule has 94 valence electrons. The van der Waals surface area contributed by atoms with Gasteiger partial charge in [0, 0.05) is 24.4 Å². The molecule has 3 heterocycles. The summed E-state index contributed by atoms with van der Waals surface area (Å²) < 4.78 is 0. The smallest absolute Gasteiger partial charge is 0.134 e. The van der Waals surface area contributed by atoms with Crippen LogP contribution in [0.3, 0.4) is 0 Å². The molecule has 4 aliphatic rings. The Balaban J connectivity index is 1.76. The average molecular weight is 234 g/mol. The van der Waals surface area contributed by atoms with Crippen LogP contribution in [-0.4, -0.2) is 41.9 Å². The summed E-state index contributed by atoms with van der Waals surface area (Å²) >= 11 is 0. The number of rotatable bonds is 0. The van der Waals surface area contributed by atoms with E-state index in [0.29, 0.717) is 11.8 Å². The maximum atomic E-state index is 12.0. The van der Waals surface area contributed by atoms with Crippen LogP contribution in [0.15, 0.2) is 0 Å². The molecule has 17 heavy (non-hydrogen) atoms. The van der Waals surface area contributed by atoms with E-state index in [9.17, 15) is 4.79 Å². The molecule has 3 heteroatoms. The molecule has 0 bridgehead atoms. The van der Waals surface area contributed by atoms with Crippen molar-refractivity contribution < 1.29 is 4.79 Å². The molecule has 1 spiro atoms. The SMILES string of the molecule is O=C1CC[C@@H]2CCN3CCC4CCN[C@H]4[C@]23C1. The number of nitrogens with zero attached hydrogens (tertiary/aromatic N) is 1. The molecule has 3 saturated heterocycles. The fraction of sp³-hybridized carbons (Fsp3) is 0.929. The van der Waals surface area contributed by atoms with E-state index in [0.717, 1.165) is 31.1 Å². The van der Waals surface area contributed by atoms with Crippen molar-refractivity contribution >= 4 is 5.78 Å². The number of carbonyl (C=O) groups is 1. The second-order valence-corrected chi connectivity index (χ2v) is 6.49. The van der Waals surface area contributed by atoms with Crippen molar-refractivity contribution in [3.05, 3.63) is 0 Å². The lowest BCUT2D eigenvalue weighted by Gasteiger charge is -2.54. The first kappa shape index (κ1) is 10.5. The standard InChI is InChI=1S/C14H22N2O/c17-12-2-1-11-5-8-16-7-4-10-3-6-15-13(10)14(11,16)9-12/h10-11,13,15H,1-9H2/t10?,11-,13-,14+/m1/s1. The van der Waals surface area contributed by atoms with E-state index in [4.69, 9.17) is 0 Å². The molecule has 4 rings (SSSR count). The van der Waals surface area contributed by atoms with Crippen LogP contribution in [0.4, 0.5) is 0 Å². The van der Waals surface area contributed by atoms with Crippen molar-refractivity contribution in [1.29, 1.82) is 0 Å². The zero-order valence-corrected chi connectivity index (χ0v) is 10.5. The minimum atomic E-state index is 0.231. The van der Waals surface area contributed by atoms with Crippen LogP contribution < -0.4 is 5.32 Å². The summed E-state index contributed by atoms with van der Waals surface area (Å²) in [5.74, 6) is 2.15. The topological polar surface area (TPSA) is 32.3 Å². The van der Waals surface area contributed by atoms with Crippen molar-refractivity contribution in [1.82, 2.24) is 10.2 Å². The highest BCUT2D eigenvalue weighted by molar-refractivity contribution is 5.81. The molecule has 0 aromatic rings. The molecule has 3 aliphatic heterocycles. The molecule has 0 aromatic heterocycles. The minimum absolute atomic E-state index is 0.231. The van der Waals surface area contributed by atoms with Crippen molar-refractivity contribution in [3.8, 4) is 0 Å².